The molecular weight excluding hydrogens is 440 g/mol. The number of rotatable bonds is 2. The van der Waals surface area contributed by atoms with Gasteiger partial charge in [0.2, 0.25) is 0 Å². The van der Waals surface area contributed by atoms with Gasteiger partial charge in [0, 0.05) is 26.5 Å². The molecule has 0 spiro atoms. The number of nitrogens with zero attached hydrogens (tertiary/aromatic N) is 1. The third-order valence-corrected chi connectivity index (χ3v) is 5.27. The monoisotopic (exact) mass is 455 g/mol. The van der Waals surface area contributed by atoms with Crippen molar-refractivity contribution in [1.29, 1.82) is 0 Å². The van der Waals surface area contributed by atoms with Gasteiger partial charge in [-0.3, -0.25) is 4.79 Å². The van der Waals surface area contributed by atoms with Crippen LogP contribution in [0.15, 0.2) is 22.7 Å². The summed E-state index contributed by atoms with van der Waals surface area (Å²) in [4.78, 5) is 14.7. The third kappa shape index (κ3) is 3.85. The summed E-state index contributed by atoms with van der Waals surface area (Å²) in [6.45, 7) is 0.818. The molecular formula is C14H16BrClINO. The maximum absolute atomic E-state index is 12.7. The van der Waals surface area contributed by atoms with E-state index in [0.717, 1.165) is 39.4 Å². The third-order valence-electron chi connectivity index (χ3n) is 3.47. The van der Waals surface area contributed by atoms with E-state index in [-0.39, 0.29) is 11.9 Å². The maximum Gasteiger partial charge on any atom is 0.255 e. The number of halogens is 3. The van der Waals surface area contributed by atoms with Crippen molar-refractivity contribution >= 4 is 56.0 Å². The number of carbonyl (C=O) groups is 1. The first-order chi connectivity index (χ1) is 9.13. The molecule has 1 aliphatic rings. The molecule has 1 atom stereocenters. The molecule has 1 aromatic rings. The minimum atomic E-state index is 0.109. The van der Waals surface area contributed by atoms with Crippen LogP contribution in [0, 0.1) is 3.57 Å². The molecule has 5 heteroatoms. The molecule has 104 valence electrons. The molecule has 2 nitrogen and oxygen atoms in total. The summed E-state index contributed by atoms with van der Waals surface area (Å²) in [6, 6.07) is 6.00. The van der Waals surface area contributed by atoms with Crippen LogP contribution in [0.2, 0.25) is 0 Å². The van der Waals surface area contributed by atoms with Crippen molar-refractivity contribution in [3.63, 3.8) is 0 Å². The molecule has 1 heterocycles. The quantitative estimate of drug-likeness (QED) is 0.468. The Bertz CT molecular complexity index is 469. The predicted octanol–water partition coefficient (Wildman–Crippen LogP) is 4.68. The molecule has 0 saturated carbocycles. The highest BCUT2D eigenvalue weighted by Gasteiger charge is 2.26. The second-order valence-corrected chi connectivity index (χ2v) is 7.17. The summed E-state index contributed by atoms with van der Waals surface area (Å²) in [6.07, 6.45) is 4.44. The smallest absolute Gasteiger partial charge is 0.255 e. The average Bonchev–Trinajstić information content (AvgIpc) is 2.65. The van der Waals surface area contributed by atoms with E-state index >= 15 is 0 Å². The molecule has 0 N–H and O–H groups in total. The molecule has 2 rings (SSSR count). The number of amides is 1. The van der Waals surface area contributed by atoms with E-state index in [9.17, 15) is 4.79 Å². The summed E-state index contributed by atoms with van der Waals surface area (Å²) in [5.74, 6) is 0.634. The van der Waals surface area contributed by atoms with E-state index in [1.54, 1.807) is 0 Å². The van der Waals surface area contributed by atoms with Gasteiger partial charge in [-0.15, -0.1) is 11.6 Å². The van der Waals surface area contributed by atoms with Crippen molar-refractivity contribution in [2.24, 2.45) is 0 Å². The molecule has 0 bridgehead atoms. The fourth-order valence-corrected chi connectivity index (χ4v) is 3.67. The van der Waals surface area contributed by atoms with Crippen LogP contribution in [-0.4, -0.2) is 29.3 Å². The van der Waals surface area contributed by atoms with Crippen LogP contribution in [0.1, 0.15) is 36.0 Å². The van der Waals surface area contributed by atoms with Gasteiger partial charge in [0.05, 0.1) is 5.56 Å². The van der Waals surface area contributed by atoms with Crippen LogP contribution < -0.4 is 0 Å². The lowest BCUT2D eigenvalue weighted by molar-refractivity contribution is 0.0699. The lowest BCUT2D eigenvalue weighted by Gasteiger charge is -2.29. The minimum absolute atomic E-state index is 0.109. The number of hydrogen-bond donors (Lipinski definition) is 0. The molecule has 1 aliphatic heterocycles. The molecule has 1 aromatic carbocycles. The van der Waals surface area contributed by atoms with E-state index in [2.05, 4.69) is 38.5 Å². The minimum Gasteiger partial charge on any atom is -0.334 e. The molecule has 19 heavy (non-hydrogen) atoms. The highest BCUT2D eigenvalue weighted by Crippen LogP contribution is 2.24. The van der Waals surface area contributed by atoms with Crippen molar-refractivity contribution in [2.75, 3.05) is 12.4 Å². The van der Waals surface area contributed by atoms with E-state index in [0.29, 0.717) is 5.88 Å². The summed E-state index contributed by atoms with van der Waals surface area (Å²) in [5.41, 5.74) is 0.770. The second kappa shape index (κ2) is 7.27. The Morgan fingerprint density at radius 2 is 2.21 bits per heavy atom. The van der Waals surface area contributed by atoms with E-state index in [4.69, 9.17) is 11.6 Å². The van der Waals surface area contributed by atoms with Gasteiger partial charge in [0.15, 0.2) is 0 Å². The highest BCUT2D eigenvalue weighted by atomic mass is 127. The zero-order valence-electron chi connectivity index (χ0n) is 10.5. The Balaban J connectivity index is 2.27. The number of alkyl halides is 1. The molecule has 1 fully saturated rings. The van der Waals surface area contributed by atoms with Crippen LogP contribution in [-0.2, 0) is 0 Å². The van der Waals surface area contributed by atoms with Gasteiger partial charge in [-0.05, 0) is 53.6 Å². The van der Waals surface area contributed by atoms with Gasteiger partial charge < -0.3 is 4.90 Å². The molecule has 1 amide bonds. The Labute approximate surface area is 141 Å². The first-order valence-electron chi connectivity index (χ1n) is 6.45. The highest BCUT2D eigenvalue weighted by molar-refractivity contribution is 14.1. The first kappa shape index (κ1) is 15.6. The van der Waals surface area contributed by atoms with Crippen molar-refractivity contribution in [3.8, 4) is 0 Å². The van der Waals surface area contributed by atoms with Crippen molar-refractivity contribution in [3.05, 3.63) is 31.8 Å². The average molecular weight is 457 g/mol. The lowest BCUT2D eigenvalue weighted by Crippen LogP contribution is -2.41. The Hall–Kier alpha value is 0.190. The Kier molecular flexibility index (Phi) is 5.96. The topological polar surface area (TPSA) is 20.3 Å². The normalized spacial score (nSPS) is 20.2. The lowest BCUT2D eigenvalue weighted by atomic mass is 10.1. The van der Waals surface area contributed by atoms with Gasteiger partial charge >= 0.3 is 0 Å². The standard InChI is InChI=1S/C14H16BrClINO/c15-10-5-6-13(17)12(8-10)14(19)18-7-3-1-2-4-11(18)9-16/h5-6,8,11H,1-4,7,9H2. The zero-order valence-corrected chi connectivity index (χ0v) is 15.0. The number of hydrogen-bond acceptors (Lipinski definition) is 1. The van der Waals surface area contributed by atoms with Gasteiger partial charge in [0.25, 0.3) is 5.91 Å². The van der Waals surface area contributed by atoms with Gasteiger partial charge in [0.1, 0.15) is 0 Å². The second-order valence-electron chi connectivity index (χ2n) is 4.78. The van der Waals surface area contributed by atoms with Crippen LogP contribution in [0.4, 0.5) is 0 Å². The SMILES string of the molecule is O=C(c1cc(Br)ccc1I)N1CCCCCC1CCl. The summed E-state index contributed by atoms with van der Waals surface area (Å²) in [5, 5.41) is 0. The molecule has 1 saturated heterocycles. The predicted molar refractivity (Wildman–Crippen MR) is 90.9 cm³/mol. The van der Waals surface area contributed by atoms with Crippen molar-refractivity contribution in [2.45, 2.75) is 31.7 Å². The molecule has 0 aromatic heterocycles. The largest absolute Gasteiger partial charge is 0.334 e. The van der Waals surface area contributed by atoms with Crippen LogP contribution in [0.5, 0.6) is 0 Å². The van der Waals surface area contributed by atoms with Crippen LogP contribution in [0.25, 0.3) is 0 Å². The Morgan fingerprint density at radius 3 is 2.95 bits per heavy atom. The summed E-state index contributed by atoms with van der Waals surface area (Å²) < 4.78 is 1.93. The molecule has 0 aliphatic carbocycles. The Morgan fingerprint density at radius 1 is 1.42 bits per heavy atom. The van der Waals surface area contributed by atoms with Crippen molar-refractivity contribution in [1.82, 2.24) is 4.90 Å². The van der Waals surface area contributed by atoms with Gasteiger partial charge in [-0.1, -0.05) is 28.8 Å². The van der Waals surface area contributed by atoms with Crippen LogP contribution >= 0.6 is 50.1 Å². The summed E-state index contributed by atoms with van der Waals surface area (Å²) >= 11 is 11.7. The zero-order chi connectivity index (χ0) is 13.8. The summed E-state index contributed by atoms with van der Waals surface area (Å²) in [7, 11) is 0. The van der Waals surface area contributed by atoms with E-state index < -0.39 is 0 Å². The van der Waals surface area contributed by atoms with E-state index in [1.165, 1.54) is 6.42 Å². The number of benzene rings is 1. The maximum atomic E-state index is 12.7. The fraction of sp³-hybridized carbons (Fsp3) is 0.500. The van der Waals surface area contributed by atoms with Crippen LogP contribution in [0.3, 0.4) is 0 Å². The fourth-order valence-electron chi connectivity index (χ4n) is 2.42. The molecule has 0 radical (unpaired) electrons. The van der Waals surface area contributed by atoms with Crippen molar-refractivity contribution < 1.29 is 4.79 Å². The van der Waals surface area contributed by atoms with E-state index in [1.807, 2.05) is 23.1 Å². The number of carbonyl (C=O) groups excluding carboxylic acids is 1. The first-order valence-corrected chi connectivity index (χ1v) is 8.86. The van der Waals surface area contributed by atoms with Gasteiger partial charge in [-0.2, -0.15) is 0 Å². The number of likely N-dealkylation sites (tertiary alicyclic amines) is 1. The molecule has 1 unspecified atom stereocenters. The van der Waals surface area contributed by atoms with Gasteiger partial charge in [-0.25, -0.2) is 0 Å².